The molecule has 0 amide bonds. The predicted molar refractivity (Wildman–Crippen MR) is 132 cm³/mol. The Morgan fingerprint density at radius 2 is 1.45 bits per heavy atom. The van der Waals surface area contributed by atoms with Gasteiger partial charge in [0.05, 0.1) is 5.69 Å². The van der Waals surface area contributed by atoms with Crippen molar-refractivity contribution < 1.29 is 0 Å². The Kier molecular flexibility index (Phi) is 11.0. The predicted octanol–water partition coefficient (Wildman–Crippen LogP) is 6.09. The van der Waals surface area contributed by atoms with E-state index in [1.54, 1.807) is 19.3 Å². The quantitative estimate of drug-likeness (QED) is 0.442. The molecule has 4 heteroatoms. The molecule has 0 bridgehead atoms. The van der Waals surface area contributed by atoms with E-state index in [-0.39, 0.29) is 5.56 Å². The molecule has 1 aromatic carbocycles. The van der Waals surface area contributed by atoms with Crippen molar-refractivity contribution in [2.24, 2.45) is 14.1 Å². The summed E-state index contributed by atoms with van der Waals surface area (Å²) in [5.41, 5.74) is 8.15. The van der Waals surface area contributed by atoms with Gasteiger partial charge in [-0.25, -0.2) is 0 Å². The normalized spacial score (nSPS) is 11.9. The van der Waals surface area contributed by atoms with E-state index in [1.807, 2.05) is 49.8 Å². The minimum atomic E-state index is 0.0347. The van der Waals surface area contributed by atoms with Gasteiger partial charge in [-0.15, -0.1) is 0 Å². The van der Waals surface area contributed by atoms with Crippen molar-refractivity contribution in [3.05, 3.63) is 111 Å². The van der Waals surface area contributed by atoms with E-state index in [1.165, 1.54) is 45.0 Å². The smallest absolute Gasteiger partial charge is 0.250 e. The molecular formula is C27H37N3O. The molecule has 1 aliphatic carbocycles. The van der Waals surface area contributed by atoms with Crippen molar-refractivity contribution in [3.63, 3.8) is 0 Å². The van der Waals surface area contributed by atoms with E-state index in [9.17, 15) is 4.79 Å². The molecule has 2 aromatic heterocycles. The zero-order valence-corrected chi connectivity index (χ0v) is 20.3. The summed E-state index contributed by atoms with van der Waals surface area (Å²) in [7, 11) is 3.67. The zero-order chi connectivity index (χ0) is 23.4. The number of aryl methyl sites for hydroxylation is 5. The van der Waals surface area contributed by atoms with Gasteiger partial charge in [-0.05, 0) is 60.1 Å². The summed E-state index contributed by atoms with van der Waals surface area (Å²) in [5, 5.41) is 4.13. The minimum absolute atomic E-state index is 0.0347. The van der Waals surface area contributed by atoms with Gasteiger partial charge in [-0.2, -0.15) is 5.10 Å². The summed E-state index contributed by atoms with van der Waals surface area (Å²) in [5.74, 6) is 0. The van der Waals surface area contributed by atoms with Gasteiger partial charge in [-0.1, -0.05) is 64.8 Å². The highest BCUT2D eigenvalue weighted by Crippen LogP contribution is 2.23. The lowest BCUT2D eigenvalue weighted by atomic mass is 10.2. The maximum atomic E-state index is 10.6. The van der Waals surface area contributed by atoms with Crippen LogP contribution in [0.3, 0.4) is 0 Å². The molecular weight excluding hydrogens is 382 g/mol. The van der Waals surface area contributed by atoms with Crippen LogP contribution in [-0.4, -0.2) is 14.3 Å². The van der Waals surface area contributed by atoms with Crippen LogP contribution in [0, 0.1) is 20.8 Å². The SMILES string of the molecule is CC1=CC(C)=C(C)C1.Cc1cc(C)n(C)n1.Cc1ccccc1.Cn1ccccc1=O. The van der Waals surface area contributed by atoms with Gasteiger partial charge >= 0.3 is 0 Å². The Balaban J connectivity index is 0.000000207. The summed E-state index contributed by atoms with van der Waals surface area (Å²) in [6, 6.07) is 17.4. The van der Waals surface area contributed by atoms with Crippen LogP contribution in [0.4, 0.5) is 0 Å². The van der Waals surface area contributed by atoms with Gasteiger partial charge in [0.25, 0.3) is 0 Å². The summed E-state index contributed by atoms with van der Waals surface area (Å²) < 4.78 is 3.40. The lowest BCUT2D eigenvalue weighted by Gasteiger charge is -1.90. The molecule has 0 saturated heterocycles. The van der Waals surface area contributed by atoms with Crippen LogP contribution in [0.1, 0.15) is 44.1 Å². The van der Waals surface area contributed by atoms with E-state index in [2.05, 4.69) is 57.1 Å². The monoisotopic (exact) mass is 419 g/mol. The molecule has 31 heavy (non-hydrogen) atoms. The van der Waals surface area contributed by atoms with E-state index >= 15 is 0 Å². The Morgan fingerprint density at radius 1 is 0.839 bits per heavy atom. The number of hydrogen-bond acceptors (Lipinski definition) is 2. The number of allylic oxidation sites excluding steroid dienone is 4. The van der Waals surface area contributed by atoms with Gasteiger partial charge in [0.2, 0.25) is 5.56 Å². The molecule has 4 rings (SSSR count). The molecule has 2 heterocycles. The first kappa shape index (κ1) is 25.9. The highest BCUT2D eigenvalue weighted by atomic mass is 16.1. The first-order chi connectivity index (χ1) is 14.6. The average molecular weight is 420 g/mol. The molecule has 0 unspecified atom stereocenters. The third-order valence-electron chi connectivity index (χ3n) is 4.86. The van der Waals surface area contributed by atoms with Crippen molar-refractivity contribution in [1.82, 2.24) is 14.3 Å². The van der Waals surface area contributed by atoms with E-state index in [0.29, 0.717) is 0 Å². The highest BCUT2D eigenvalue weighted by Gasteiger charge is 2.02. The fourth-order valence-electron chi connectivity index (χ4n) is 2.88. The van der Waals surface area contributed by atoms with E-state index in [0.717, 1.165) is 5.69 Å². The zero-order valence-electron chi connectivity index (χ0n) is 20.3. The van der Waals surface area contributed by atoms with Crippen molar-refractivity contribution in [1.29, 1.82) is 0 Å². The van der Waals surface area contributed by atoms with Gasteiger partial charge in [0.15, 0.2) is 0 Å². The van der Waals surface area contributed by atoms with Crippen molar-refractivity contribution in [3.8, 4) is 0 Å². The van der Waals surface area contributed by atoms with Crippen LogP contribution < -0.4 is 5.56 Å². The third-order valence-corrected chi connectivity index (χ3v) is 4.86. The Labute approximate surface area is 187 Å². The third kappa shape index (κ3) is 10.4. The average Bonchev–Trinajstić information content (AvgIpc) is 3.17. The fraction of sp³-hybridized carbons (Fsp3) is 0.333. The maximum Gasteiger partial charge on any atom is 0.250 e. The standard InChI is InChI=1S/C8H12.C7H8.C6H10N2.C6H7NO/c1-6-4-7(2)8(3)5-6;1-7-5-3-2-4-6-7;1-5-4-6(2)8(3)7-5;1-7-5-3-2-4-6(7)8/h4H,5H2,1-3H3;2-6H,1H3;4H,1-3H3;2-5H,1H3. The van der Waals surface area contributed by atoms with Gasteiger partial charge < -0.3 is 4.57 Å². The molecule has 0 atom stereocenters. The van der Waals surface area contributed by atoms with E-state index < -0.39 is 0 Å². The number of rotatable bonds is 0. The molecule has 0 N–H and O–H groups in total. The maximum absolute atomic E-state index is 10.6. The van der Waals surface area contributed by atoms with Crippen LogP contribution in [0.25, 0.3) is 0 Å². The topological polar surface area (TPSA) is 39.8 Å². The van der Waals surface area contributed by atoms with Crippen LogP contribution in [0.5, 0.6) is 0 Å². The van der Waals surface area contributed by atoms with Crippen LogP contribution in [-0.2, 0) is 14.1 Å². The summed E-state index contributed by atoms with van der Waals surface area (Å²) >= 11 is 0. The molecule has 0 saturated carbocycles. The second kappa shape index (κ2) is 13.2. The molecule has 1 aliphatic rings. The summed E-state index contributed by atoms with van der Waals surface area (Å²) in [6.07, 6.45) is 5.18. The molecule has 3 aromatic rings. The van der Waals surface area contributed by atoms with Gasteiger partial charge in [0.1, 0.15) is 0 Å². The van der Waals surface area contributed by atoms with Gasteiger partial charge in [0, 0.05) is 32.1 Å². The van der Waals surface area contributed by atoms with E-state index in [4.69, 9.17) is 0 Å². The molecule has 0 spiro atoms. The Morgan fingerprint density at radius 3 is 1.68 bits per heavy atom. The number of benzene rings is 1. The van der Waals surface area contributed by atoms with Crippen LogP contribution in [0.2, 0.25) is 0 Å². The Hall–Kier alpha value is -3.14. The largest absolute Gasteiger partial charge is 0.319 e. The summed E-state index contributed by atoms with van der Waals surface area (Å²) in [6.45, 7) is 12.7. The van der Waals surface area contributed by atoms with Crippen molar-refractivity contribution >= 4 is 0 Å². The fourth-order valence-corrected chi connectivity index (χ4v) is 2.88. The Bertz CT molecular complexity index is 1030. The van der Waals surface area contributed by atoms with Crippen LogP contribution >= 0.6 is 0 Å². The number of nitrogens with zero attached hydrogens (tertiary/aromatic N) is 3. The molecule has 4 nitrogen and oxygen atoms in total. The lowest BCUT2D eigenvalue weighted by Crippen LogP contribution is -2.12. The molecule has 0 aliphatic heterocycles. The van der Waals surface area contributed by atoms with Crippen LogP contribution in [0.15, 0.2) is 88.4 Å². The number of aromatic nitrogens is 3. The number of pyridine rings is 1. The minimum Gasteiger partial charge on any atom is -0.319 e. The highest BCUT2D eigenvalue weighted by molar-refractivity contribution is 5.35. The number of hydrogen-bond donors (Lipinski definition) is 0. The second-order valence-electron chi connectivity index (χ2n) is 7.99. The van der Waals surface area contributed by atoms with Crippen molar-refractivity contribution in [2.45, 2.75) is 48.0 Å². The lowest BCUT2D eigenvalue weighted by molar-refractivity contribution is 0.731. The first-order valence-corrected chi connectivity index (χ1v) is 10.5. The molecule has 0 fully saturated rings. The molecule has 0 radical (unpaired) electrons. The van der Waals surface area contributed by atoms with Crippen molar-refractivity contribution in [2.75, 3.05) is 0 Å². The molecule has 166 valence electrons. The summed E-state index contributed by atoms with van der Waals surface area (Å²) in [4.78, 5) is 10.6. The first-order valence-electron chi connectivity index (χ1n) is 10.5. The van der Waals surface area contributed by atoms with Gasteiger partial charge in [-0.3, -0.25) is 9.48 Å². The second-order valence-corrected chi connectivity index (χ2v) is 7.99.